The molecule has 0 amide bonds. The lowest BCUT2D eigenvalue weighted by Gasteiger charge is -2.51. The summed E-state index contributed by atoms with van der Waals surface area (Å²) in [6.07, 6.45) is -22.0. The zero-order valence-electron chi connectivity index (χ0n) is 51.0. The van der Waals surface area contributed by atoms with Gasteiger partial charge in [0.05, 0.1) is 42.5 Å². The molecule has 6 heterocycles. The molecule has 0 aliphatic carbocycles. The Labute approximate surface area is 496 Å². The van der Waals surface area contributed by atoms with Crippen molar-refractivity contribution in [2.24, 2.45) is 5.92 Å². The molecular weight excluding hydrogens is 1100 g/mol. The van der Waals surface area contributed by atoms with Gasteiger partial charge in [-0.1, -0.05) is 124 Å². The van der Waals surface area contributed by atoms with Crippen LogP contribution in [-0.2, 0) is 76.0 Å². The van der Waals surface area contributed by atoms with Crippen LogP contribution in [0.15, 0.2) is 0 Å². The average Bonchev–Trinajstić information content (AvgIpc) is 1.59. The van der Waals surface area contributed by atoms with Crippen molar-refractivity contribution < 1.29 is 117 Å². The SMILES string of the molecule is CCCCCCCCCC(=O)O[C@H]1[C@H](O[C@@H]2[C@H]3OC(=O)CCCCCCCCC[C@H](CCCCC)O[C@@H]4O[C@H](C)[C@H](O)[C@H](O)[C@H]4O[C@H](O[C@H]2C)[C@@H]3O)O[C@@H](C)[C@H](O[C@@H]2O[C@@H](C)[C@H](OC(=O)C(C)C)[C@@H](O)[C@H]2O)[C@H]1O[C@@H]1O[C@@H](C)[C@H](O)[C@@H](O)[C@H]1O. The van der Waals surface area contributed by atoms with Gasteiger partial charge in [0, 0.05) is 12.8 Å². The maximum atomic E-state index is 14.3. The van der Waals surface area contributed by atoms with Gasteiger partial charge >= 0.3 is 17.9 Å². The van der Waals surface area contributed by atoms with Crippen molar-refractivity contribution in [1.82, 2.24) is 0 Å². The van der Waals surface area contributed by atoms with Gasteiger partial charge in [0.2, 0.25) is 0 Å². The molecule has 488 valence electrons. The molecule has 0 unspecified atom stereocenters. The van der Waals surface area contributed by atoms with E-state index >= 15 is 0 Å². The van der Waals surface area contributed by atoms with Gasteiger partial charge in [-0.2, -0.15) is 0 Å². The third kappa shape index (κ3) is 19.4. The lowest BCUT2D eigenvalue weighted by atomic mass is 9.95. The van der Waals surface area contributed by atoms with Gasteiger partial charge in [-0.05, 0) is 60.3 Å². The molecule has 24 heteroatoms. The lowest BCUT2D eigenvalue weighted by molar-refractivity contribution is -0.399. The lowest BCUT2D eigenvalue weighted by Crippen LogP contribution is -2.68. The summed E-state index contributed by atoms with van der Waals surface area (Å²) in [4.78, 5) is 40.9. The highest BCUT2D eigenvalue weighted by molar-refractivity contribution is 5.72. The van der Waals surface area contributed by atoms with E-state index in [9.17, 15) is 55.2 Å². The van der Waals surface area contributed by atoms with Gasteiger partial charge in [-0.15, -0.1) is 0 Å². The van der Waals surface area contributed by atoms with Crippen LogP contribution in [0.5, 0.6) is 0 Å². The summed E-state index contributed by atoms with van der Waals surface area (Å²) in [5.74, 6) is -2.66. The van der Waals surface area contributed by atoms with Crippen LogP contribution >= 0.6 is 0 Å². The van der Waals surface area contributed by atoms with Gasteiger partial charge in [-0.3, -0.25) is 14.4 Å². The molecule has 6 aliphatic heterocycles. The summed E-state index contributed by atoms with van der Waals surface area (Å²) in [7, 11) is 0. The van der Waals surface area contributed by atoms with Crippen molar-refractivity contribution in [1.29, 1.82) is 0 Å². The number of rotatable bonds is 21. The molecule has 0 spiro atoms. The topological polar surface area (TPSA) is 333 Å². The van der Waals surface area contributed by atoms with Gasteiger partial charge in [0.1, 0.15) is 73.2 Å². The minimum Gasteiger partial charge on any atom is -0.457 e. The van der Waals surface area contributed by atoms with Crippen LogP contribution in [0.1, 0.15) is 197 Å². The van der Waals surface area contributed by atoms with E-state index in [2.05, 4.69) is 13.8 Å². The molecule has 6 saturated heterocycles. The van der Waals surface area contributed by atoms with Gasteiger partial charge in [0.15, 0.2) is 49.8 Å². The quantitative estimate of drug-likeness (QED) is 0.0454. The van der Waals surface area contributed by atoms with Crippen molar-refractivity contribution in [3.05, 3.63) is 0 Å². The summed E-state index contributed by atoms with van der Waals surface area (Å²) in [5.41, 5.74) is 0. The minimum atomic E-state index is -1.91. The predicted molar refractivity (Wildman–Crippen MR) is 297 cm³/mol. The molecule has 24 nitrogen and oxygen atoms in total. The van der Waals surface area contributed by atoms with Crippen LogP contribution < -0.4 is 0 Å². The second-order valence-corrected chi connectivity index (χ2v) is 24.5. The number of unbranched alkanes of at least 4 members (excludes halogenated alkanes) is 8. The maximum absolute atomic E-state index is 14.3. The van der Waals surface area contributed by atoms with Crippen molar-refractivity contribution in [2.75, 3.05) is 0 Å². The van der Waals surface area contributed by atoms with E-state index in [1.165, 1.54) is 20.8 Å². The van der Waals surface area contributed by atoms with E-state index in [1.54, 1.807) is 27.7 Å². The Kier molecular flexibility index (Phi) is 29.2. The third-order valence-electron chi connectivity index (χ3n) is 17.1. The van der Waals surface area contributed by atoms with Gasteiger partial charge in [-0.25, -0.2) is 0 Å². The average molecular weight is 1210 g/mol. The van der Waals surface area contributed by atoms with E-state index in [0.29, 0.717) is 19.3 Å². The highest BCUT2D eigenvalue weighted by Gasteiger charge is 2.58. The zero-order valence-corrected chi connectivity index (χ0v) is 51.0. The number of fused-ring (bicyclic) bond motifs is 3. The molecule has 0 radical (unpaired) electrons. The van der Waals surface area contributed by atoms with Crippen LogP contribution in [0, 0.1) is 5.92 Å². The maximum Gasteiger partial charge on any atom is 0.308 e. The summed E-state index contributed by atoms with van der Waals surface area (Å²) in [6, 6.07) is 0. The number of aliphatic hydroxyl groups excluding tert-OH is 8. The van der Waals surface area contributed by atoms with Gasteiger partial charge < -0.3 is 102 Å². The Balaban J connectivity index is 1.36. The smallest absolute Gasteiger partial charge is 0.308 e. The first-order chi connectivity index (χ1) is 40.1. The Hall–Kier alpha value is -2.31. The molecular formula is C60H104O24. The first kappa shape index (κ1) is 70.8. The second-order valence-electron chi connectivity index (χ2n) is 24.5. The first-order valence-corrected chi connectivity index (χ1v) is 31.6. The summed E-state index contributed by atoms with van der Waals surface area (Å²) in [5, 5.41) is 91.5. The van der Waals surface area contributed by atoms with E-state index in [0.717, 1.165) is 103 Å². The summed E-state index contributed by atoms with van der Waals surface area (Å²) < 4.78 is 82.1. The third-order valence-corrected chi connectivity index (χ3v) is 17.1. The molecule has 8 N–H and O–H groups in total. The normalized spacial score (nSPS) is 42.4. The fourth-order valence-corrected chi connectivity index (χ4v) is 11.8. The number of esters is 3. The van der Waals surface area contributed by atoms with Crippen LogP contribution in [0.2, 0.25) is 0 Å². The standard InChI is InChI=1S/C60H104O24/c1-10-12-14-15-17-21-26-30-39(62)79-54-53(84-56-45(68)42(65)40(63)32(5)72-56)50(81-57-46(69)44(67)48(34(7)74-57)80-55(71)31(3)4)36(9)76-60(54)82-49-35(8)75-58-47(70)51(49)78-38(61)29-25-22-19-16-18-20-24-28-37(27-23-13-11-2)77-59-52(83-58)43(66)41(64)33(6)73-59/h31-37,40-54,56-60,63-70H,10-30H2,1-9H3/t32-,33+,34-,35-,36-,37-,40-,41-,42+,43-,44-,45+,46+,47+,48-,49-,50-,51-,52+,53+,54+,56-,57-,58-,59-,60-/m0/s1. The molecule has 6 aliphatic rings. The minimum absolute atomic E-state index is 0.0257. The van der Waals surface area contributed by atoms with Crippen LogP contribution in [0.25, 0.3) is 0 Å². The number of ether oxygens (including phenoxy) is 13. The number of hydrogen-bond acceptors (Lipinski definition) is 24. The molecule has 84 heavy (non-hydrogen) atoms. The van der Waals surface area contributed by atoms with E-state index in [-0.39, 0.29) is 18.9 Å². The van der Waals surface area contributed by atoms with E-state index in [4.69, 9.17) is 61.6 Å². The van der Waals surface area contributed by atoms with Crippen molar-refractivity contribution >= 4 is 17.9 Å². The van der Waals surface area contributed by atoms with E-state index in [1.807, 2.05) is 0 Å². The molecule has 2 bridgehead atoms. The van der Waals surface area contributed by atoms with Crippen molar-refractivity contribution in [3.8, 4) is 0 Å². The zero-order chi connectivity index (χ0) is 61.4. The van der Waals surface area contributed by atoms with Crippen LogP contribution in [-0.4, -0.2) is 218 Å². The predicted octanol–water partition coefficient (Wildman–Crippen LogP) is 4.16. The highest BCUT2D eigenvalue weighted by atomic mass is 16.8. The molecule has 6 rings (SSSR count). The van der Waals surface area contributed by atoms with Crippen molar-refractivity contribution in [2.45, 2.75) is 357 Å². The number of hydrogen-bond donors (Lipinski definition) is 8. The van der Waals surface area contributed by atoms with Gasteiger partial charge in [0.25, 0.3) is 0 Å². The fraction of sp³-hybridized carbons (Fsp3) is 0.950. The molecule has 0 saturated carbocycles. The summed E-state index contributed by atoms with van der Waals surface area (Å²) >= 11 is 0. The number of aliphatic hydroxyl groups is 8. The first-order valence-electron chi connectivity index (χ1n) is 31.6. The van der Waals surface area contributed by atoms with Crippen LogP contribution in [0.4, 0.5) is 0 Å². The van der Waals surface area contributed by atoms with E-state index < -0.39 is 177 Å². The monoisotopic (exact) mass is 1210 g/mol. The Morgan fingerprint density at radius 3 is 1.67 bits per heavy atom. The second kappa shape index (κ2) is 34.6. The fourth-order valence-electron chi connectivity index (χ4n) is 11.8. The number of carbonyl (C=O) groups is 3. The molecule has 0 aromatic carbocycles. The highest BCUT2D eigenvalue weighted by Crippen LogP contribution is 2.39. The molecule has 6 fully saturated rings. The van der Waals surface area contributed by atoms with Crippen LogP contribution in [0.3, 0.4) is 0 Å². The summed E-state index contributed by atoms with van der Waals surface area (Å²) in [6.45, 7) is 15.1. The Morgan fingerprint density at radius 1 is 0.464 bits per heavy atom. The molecule has 0 aromatic heterocycles. The Bertz CT molecular complexity index is 1940. The molecule has 0 aromatic rings. The number of carbonyl (C=O) groups excluding carboxylic acids is 3. The van der Waals surface area contributed by atoms with Crippen molar-refractivity contribution in [3.63, 3.8) is 0 Å². The Morgan fingerprint density at radius 2 is 0.988 bits per heavy atom. The largest absolute Gasteiger partial charge is 0.457 e. The molecule has 26 atom stereocenters.